The molecule has 0 aliphatic rings. The van der Waals surface area contributed by atoms with E-state index in [4.69, 9.17) is 10.00 Å². The minimum Gasteiger partial charge on any atom is -0.462 e. The number of rotatable bonds is 4. The van der Waals surface area contributed by atoms with Gasteiger partial charge in [0.15, 0.2) is 0 Å². The normalized spacial score (nSPS) is 10.4. The molecule has 1 aromatic heterocycles. The summed E-state index contributed by atoms with van der Waals surface area (Å²) >= 11 is 0. The van der Waals surface area contributed by atoms with E-state index in [2.05, 4.69) is 4.98 Å². The fourth-order valence-corrected chi connectivity index (χ4v) is 1.90. The summed E-state index contributed by atoms with van der Waals surface area (Å²) in [5.41, 5.74) is 0.498. The van der Waals surface area contributed by atoms with Gasteiger partial charge >= 0.3 is 5.97 Å². The van der Waals surface area contributed by atoms with E-state index in [0.717, 1.165) is 5.56 Å². The Morgan fingerprint density at radius 3 is 2.68 bits per heavy atom. The first-order valence-corrected chi connectivity index (χ1v) is 6.73. The van der Waals surface area contributed by atoms with E-state index in [1.807, 2.05) is 30.3 Å². The van der Waals surface area contributed by atoms with Gasteiger partial charge < -0.3 is 9.72 Å². The highest BCUT2D eigenvalue weighted by Gasteiger charge is 2.16. The Morgan fingerprint density at radius 2 is 2.05 bits per heavy atom. The number of hydrogen-bond donors (Lipinski definition) is 1. The van der Waals surface area contributed by atoms with Gasteiger partial charge in [-0.3, -0.25) is 4.79 Å². The molecule has 1 N–H and O–H groups in total. The van der Waals surface area contributed by atoms with E-state index in [1.54, 1.807) is 25.1 Å². The monoisotopic (exact) mass is 294 g/mol. The zero-order chi connectivity index (χ0) is 15.9. The Balaban J connectivity index is 2.42. The molecule has 1 aromatic carbocycles. The highest BCUT2D eigenvalue weighted by atomic mass is 16.5. The molecular formula is C17H14N2O3. The molecular weight excluding hydrogens is 280 g/mol. The maximum Gasteiger partial charge on any atom is 0.339 e. The number of esters is 1. The minimum atomic E-state index is -0.681. The van der Waals surface area contributed by atoms with Gasteiger partial charge in [-0.2, -0.15) is 5.26 Å². The van der Waals surface area contributed by atoms with Crippen LogP contribution in [-0.4, -0.2) is 17.6 Å². The van der Waals surface area contributed by atoms with Crippen LogP contribution >= 0.6 is 0 Å². The quantitative estimate of drug-likeness (QED) is 0.878. The van der Waals surface area contributed by atoms with Crippen molar-refractivity contribution in [2.24, 2.45) is 0 Å². The molecule has 0 aliphatic heterocycles. The number of pyridine rings is 1. The molecule has 0 amide bonds. The summed E-state index contributed by atoms with van der Waals surface area (Å²) in [6, 6.07) is 12.7. The van der Waals surface area contributed by atoms with Gasteiger partial charge in [-0.15, -0.1) is 0 Å². The molecule has 0 unspecified atom stereocenters. The molecule has 22 heavy (non-hydrogen) atoms. The third-order valence-corrected chi connectivity index (χ3v) is 2.92. The molecule has 0 bridgehead atoms. The van der Waals surface area contributed by atoms with Crippen molar-refractivity contribution in [1.29, 1.82) is 5.26 Å². The number of benzene rings is 1. The molecule has 0 fully saturated rings. The number of carbonyl (C=O) groups is 1. The molecule has 0 radical (unpaired) electrons. The average molecular weight is 294 g/mol. The van der Waals surface area contributed by atoms with Crippen molar-refractivity contribution in [2.75, 3.05) is 6.61 Å². The molecule has 0 saturated heterocycles. The van der Waals surface area contributed by atoms with Gasteiger partial charge in [0, 0.05) is 5.69 Å². The summed E-state index contributed by atoms with van der Waals surface area (Å²) in [7, 11) is 0. The predicted octanol–water partition coefficient (Wildman–Crippen LogP) is 2.59. The number of aromatic amines is 1. The molecule has 2 aromatic rings. The molecule has 2 rings (SSSR count). The van der Waals surface area contributed by atoms with Gasteiger partial charge in [0.2, 0.25) is 0 Å². The zero-order valence-electron chi connectivity index (χ0n) is 12.0. The second-order valence-corrected chi connectivity index (χ2v) is 4.42. The first-order valence-electron chi connectivity index (χ1n) is 6.73. The number of hydrogen-bond acceptors (Lipinski definition) is 4. The van der Waals surface area contributed by atoms with Gasteiger partial charge in [-0.25, -0.2) is 4.79 Å². The summed E-state index contributed by atoms with van der Waals surface area (Å²) in [5, 5.41) is 9.02. The van der Waals surface area contributed by atoms with Crippen LogP contribution < -0.4 is 5.56 Å². The van der Waals surface area contributed by atoms with Crippen LogP contribution in [0.5, 0.6) is 0 Å². The molecule has 5 nitrogen and oxygen atoms in total. The maximum absolute atomic E-state index is 11.9. The second kappa shape index (κ2) is 7.04. The molecule has 0 aliphatic carbocycles. The number of aromatic nitrogens is 1. The standard InChI is InChI=1S/C17H14N2O3/c1-2-22-17(21)14-10-13(19-16(20)15(14)11-18)9-8-12-6-4-3-5-7-12/h3-10H,2H2,1H3,(H,19,20)/b9-8+. The molecule has 0 atom stereocenters. The fraction of sp³-hybridized carbons (Fsp3) is 0.118. The van der Waals surface area contributed by atoms with E-state index in [9.17, 15) is 9.59 Å². The highest BCUT2D eigenvalue weighted by Crippen LogP contribution is 2.10. The Kier molecular flexibility index (Phi) is 4.89. The van der Waals surface area contributed by atoms with Crippen molar-refractivity contribution in [3.8, 4) is 6.07 Å². The number of ether oxygens (including phenoxy) is 1. The summed E-state index contributed by atoms with van der Waals surface area (Å²) in [6.07, 6.45) is 3.47. The largest absolute Gasteiger partial charge is 0.462 e. The Hall–Kier alpha value is -3.13. The van der Waals surface area contributed by atoms with E-state index < -0.39 is 11.5 Å². The number of nitrogens with one attached hydrogen (secondary N) is 1. The van der Waals surface area contributed by atoms with E-state index >= 15 is 0 Å². The van der Waals surface area contributed by atoms with Crippen LogP contribution in [-0.2, 0) is 4.74 Å². The molecule has 0 spiro atoms. The average Bonchev–Trinajstić information content (AvgIpc) is 2.53. The number of nitrogens with zero attached hydrogens (tertiary/aromatic N) is 1. The van der Waals surface area contributed by atoms with Crippen molar-refractivity contribution in [3.05, 3.63) is 69.1 Å². The van der Waals surface area contributed by atoms with Crippen molar-refractivity contribution < 1.29 is 9.53 Å². The van der Waals surface area contributed by atoms with Crippen LogP contribution in [0.25, 0.3) is 12.2 Å². The minimum absolute atomic E-state index is 0.0270. The summed E-state index contributed by atoms with van der Waals surface area (Å²) in [5.74, 6) is -0.681. The number of nitriles is 1. The summed E-state index contributed by atoms with van der Waals surface area (Å²) in [6.45, 7) is 1.83. The van der Waals surface area contributed by atoms with Crippen LogP contribution in [0.15, 0.2) is 41.2 Å². The van der Waals surface area contributed by atoms with Crippen LogP contribution in [0, 0.1) is 11.3 Å². The van der Waals surface area contributed by atoms with Crippen LogP contribution in [0.3, 0.4) is 0 Å². The van der Waals surface area contributed by atoms with E-state index in [-0.39, 0.29) is 17.7 Å². The topological polar surface area (TPSA) is 83.0 Å². The Morgan fingerprint density at radius 1 is 1.32 bits per heavy atom. The van der Waals surface area contributed by atoms with Crippen LogP contribution in [0.4, 0.5) is 0 Å². The molecule has 5 heteroatoms. The Bertz CT molecular complexity index is 799. The number of H-pyrrole nitrogens is 1. The van der Waals surface area contributed by atoms with Gasteiger partial charge in [0.1, 0.15) is 11.6 Å². The fourth-order valence-electron chi connectivity index (χ4n) is 1.90. The lowest BCUT2D eigenvalue weighted by Crippen LogP contribution is -2.18. The van der Waals surface area contributed by atoms with Gasteiger partial charge in [0.25, 0.3) is 5.56 Å². The Labute approximate surface area is 127 Å². The van der Waals surface area contributed by atoms with E-state index in [1.165, 1.54) is 6.07 Å². The van der Waals surface area contributed by atoms with Gasteiger partial charge in [0.05, 0.1) is 12.2 Å². The summed E-state index contributed by atoms with van der Waals surface area (Å²) in [4.78, 5) is 26.3. The lowest BCUT2D eigenvalue weighted by molar-refractivity contribution is 0.0525. The smallest absolute Gasteiger partial charge is 0.339 e. The van der Waals surface area contributed by atoms with Gasteiger partial charge in [-0.1, -0.05) is 36.4 Å². The van der Waals surface area contributed by atoms with Crippen molar-refractivity contribution >= 4 is 18.1 Å². The third kappa shape index (κ3) is 3.49. The van der Waals surface area contributed by atoms with Gasteiger partial charge in [-0.05, 0) is 24.6 Å². The lowest BCUT2D eigenvalue weighted by atomic mass is 10.1. The van der Waals surface area contributed by atoms with Crippen LogP contribution in [0.1, 0.15) is 34.1 Å². The highest BCUT2D eigenvalue weighted by molar-refractivity contribution is 5.92. The summed E-state index contributed by atoms with van der Waals surface area (Å²) < 4.78 is 4.88. The zero-order valence-corrected chi connectivity index (χ0v) is 12.0. The number of carbonyl (C=O) groups excluding carboxylic acids is 1. The third-order valence-electron chi connectivity index (χ3n) is 2.92. The first-order chi connectivity index (χ1) is 10.7. The van der Waals surface area contributed by atoms with Crippen molar-refractivity contribution in [1.82, 2.24) is 4.98 Å². The van der Waals surface area contributed by atoms with Crippen molar-refractivity contribution in [3.63, 3.8) is 0 Å². The molecule has 110 valence electrons. The van der Waals surface area contributed by atoms with Crippen molar-refractivity contribution in [2.45, 2.75) is 6.92 Å². The predicted molar refractivity (Wildman–Crippen MR) is 83.1 cm³/mol. The lowest BCUT2D eigenvalue weighted by Gasteiger charge is -2.04. The maximum atomic E-state index is 11.9. The molecule has 0 saturated carbocycles. The van der Waals surface area contributed by atoms with Crippen LogP contribution in [0.2, 0.25) is 0 Å². The second-order valence-electron chi connectivity index (χ2n) is 4.42. The van der Waals surface area contributed by atoms with E-state index in [0.29, 0.717) is 5.69 Å². The SMILES string of the molecule is CCOC(=O)c1cc(/C=C/c2ccccc2)[nH]c(=O)c1C#N. The molecule has 1 heterocycles. The first kappa shape index (κ1) is 15.3.